The Bertz CT molecular complexity index is 358. The Kier molecular flexibility index (Phi) is 4.65. The largest absolute Gasteiger partial charge is 0.494 e. The number of rotatable bonds is 7. The van der Waals surface area contributed by atoms with Gasteiger partial charge in [0.15, 0.2) is 0 Å². The summed E-state index contributed by atoms with van der Waals surface area (Å²) in [6.45, 7) is 5.15. The molecule has 2 N–H and O–H groups in total. The van der Waals surface area contributed by atoms with Crippen LogP contribution >= 0.6 is 0 Å². The summed E-state index contributed by atoms with van der Waals surface area (Å²) in [5.41, 5.74) is 7.34. The molecule has 0 aromatic heterocycles. The monoisotopic (exact) mass is 247 g/mol. The summed E-state index contributed by atoms with van der Waals surface area (Å²) in [6, 6.07) is 8.90. The fraction of sp³-hybridized carbons (Fsp3) is 0.625. The Morgan fingerprint density at radius 2 is 2.00 bits per heavy atom. The molecule has 3 atom stereocenters. The van der Waals surface area contributed by atoms with Gasteiger partial charge in [-0.2, -0.15) is 0 Å². The van der Waals surface area contributed by atoms with Gasteiger partial charge in [-0.05, 0) is 49.3 Å². The van der Waals surface area contributed by atoms with Crippen molar-refractivity contribution in [1.29, 1.82) is 0 Å². The first-order chi connectivity index (χ1) is 8.72. The molecule has 2 heteroatoms. The molecule has 0 heterocycles. The van der Waals surface area contributed by atoms with Gasteiger partial charge in [0.05, 0.1) is 6.61 Å². The third-order valence-electron chi connectivity index (χ3n) is 3.84. The maximum atomic E-state index is 5.92. The number of benzene rings is 1. The number of nitrogens with two attached hydrogens (primary N) is 1. The first-order valence-electron chi connectivity index (χ1n) is 7.20. The van der Waals surface area contributed by atoms with Crippen molar-refractivity contribution >= 4 is 0 Å². The zero-order chi connectivity index (χ0) is 13.0. The minimum atomic E-state index is 0.319. The fourth-order valence-corrected chi connectivity index (χ4v) is 2.53. The van der Waals surface area contributed by atoms with E-state index < -0.39 is 0 Å². The summed E-state index contributed by atoms with van der Waals surface area (Å²) in [7, 11) is 0. The smallest absolute Gasteiger partial charge is 0.119 e. The lowest BCUT2D eigenvalue weighted by Gasteiger charge is -2.07. The highest BCUT2D eigenvalue weighted by Crippen LogP contribution is 2.49. The van der Waals surface area contributed by atoms with Crippen molar-refractivity contribution in [3.63, 3.8) is 0 Å². The lowest BCUT2D eigenvalue weighted by Crippen LogP contribution is -2.17. The van der Waals surface area contributed by atoms with Crippen LogP contribution in [0.15, 0.2) is 24.3 Å². The van der Waals surface area contributed by atoms with E-state index in [1.54, 1.807) is 0 Å². The first-order valence-corrected chi connectivity index (χ1v) is 7.20. The molecule has 0 spiro atoms. The van der Waals surface area contributed by atoms with Gasteiger partial charge in [0, 0.05) is 6.04 Å². The summed E-state index contributed by atoms with van der Waals surface area (Å²) >= 11 is 0. The average molecular weight is 247 g/mol. The summed E-state index contributed by atoms with van der Waals surface area (Å²) in [4.78, 5) is 0. The van der Waals surface area contributed by atoms with Gasteiger partial charge in [-0.25, -0.2) is 0 Å². The molecule has 0 radical (unpaired) electrons. The molecule has 1 aliphatic rings. The van der Waals surface area contributed by atoms with Gasteiger partial charge in [-0.3, -0.25) is 0 Å². The standard InChI is InChI=1S/C16H25NO/c1-3-4-5-10-18-14-8-6-13(7-9-14)16-11-15(16)12(2)17/h6-9,12,15-16H,3-5,10-11,17H2,1-2H3. The van der Waals surface area contributed by atoms with Crippen molar-refractivity contribution in [3.05, 3.63) is 29.8 Å². The second-order valence-electron chi connectivity index (χ2n) is 5.49. The highest BCUT2D eigenvalue weighted by Gasteiger charge is 2.40. The SMILES string of the molecule is CCCCCOc1ccc(C2CC2C(C)N)cc1. The van der Waals surface area contributed by atoms with Gasteiger partial charge >= 0.3 is 0 Å². The van der Waals surface area contributed by atoms with Crippen LogP contribution in [0.25, 0.3) is 0 Å². The Labute approximate surface area is 111 Å². The van der Waals surface area contributed by atoms with E-state index in [-0.39, 0.29) is 0 Å². The predicted molar refractivity (Wildman–Crippen MR) is 76.0 cm³/mol. The van der Waals surface area contributed by atoms with Crippen LogP contribution in [-0.2, 0) is 0 Å². The maximum Gasteiger partial charge on any atom is 0.119 e. The second kappa shape index (κ2) is 6.24. The van der Waals surface area contributed by atoms with Crippen molar-refractivity contribution in [2.24, 2.45) is 11.7 Å². The third-order valence-corrected chi connectivity index (χ3v) is 3.84. The third kappa shape index (κ3) is 3.49. The molecule has 0 bridgehead atoms. The second-order valence-corrected chi connectivity index (χ2v) is 5.49. The van der Waals surface area contributed by atoms with E-state index in [9.17, 15) is 0 Å². The molecule has 1 fully saturated rings. The molecule has 1 aromatic rings. The molecule has 0 saturated heterocycles. The van der Waals surface area contributed by atoms with Crippen LogP contribution in [0.2, 0.25) is 0 Å². The maximum absolute atomic E-state index is 5.92. The predicted octanol–water partition coefficient (Wildman–Crippen LogP) is 3.71. The Balaban J connectivity index is 1.79. The Morgan fingerprint density at radius 1 is 1.28 bits per heavy atom. The van der Waals surface area contributed by atoms with E-state index in [2.05, 4.69) is 38.1 Å². The minimum Gasteiger partial charge on any atom is -0.494 e. The Hall–Kier alpha value is -1.02. The molecule has 0 amide bonds. The Morgan fingerprint density at radius 3 is 2.56 bits per heavy atom. The summed E-state index contributed by atoms with van der Waals surface area (Å²) in [5.74, 6) is 2.35. The van der Waals surface area contributed by atoms with Crippen molar-refractivity contribution in [2.75, 3.05) is 6.61 Å². The number of hydrogen-bond donors (Lipinski definition) is 1. The molecule has 0 aliphatic heterocycles. The number of unbranched alkanes of at least 4 members (excludes halogenated alkanes) is 2. The summed E-state index contributed by atoms with van der Waals surface area (Å²) in [6.07, 6.45) is 4.88. The van der Waals surface area contributed by atoms with Gasteiger partial charge in [0.25, 0.3) is 0 Å². The normalized spacial score (nSPS) is 23.7. The quantitative estimate of drug-likeness (QED) is 0.745. The summed E-state index contributed by atoms with van der Waals surface area (Å²) in [5, 5.41) is 0. The lowest BCUT2D eigenvalue weighted by molar-refractivity contribution is 0.306. The van der Waals surface area contributed by atoms with Crippen molar-refractivity contribution in [3.8, 4) is 5.75 Å². The molecular weight excluding hydrogens is 222 g/mol. The average Bonchev–Trinajstić information content (AvgIpc) is 3.16. The van der Waals surface area contributed by atoms with Crippen LogP contribution in [0.3, 0.4) is 0 Å². The van der Waals surface area contributed by atoms with Crippen LogP contribution in [0.1, 0.15) is 51.0 Å². The van der Waals surface area contributed by atoms with E-state index in [0.29, 0.717) is 17.9 Å². The molecule has 2 nitrogen and oxygen atoms in total. The van der Waals surface area contributed by atoms with Crippen LogP contribution in [0, 0.1) is 5.92 Å². The zero-order valence-corrected chi connectivity index (χ0v) is 11.6. The molecule has 1 aliphatic carbocycles. The van der Waals surface area contributed by atoms with Gasteiger partial charge in [-0.15, -0.1) is 0 Å². The molecule has 1 saturated carbocycles. The molecular formula is C16H25NO. The fourth-order valence-electron chi connectivity index (χ4n) is 2.53. The highest BCUT2D eigenvalue weighted by molar-refractivity contribution is 5.33. The van der Waals surface area contributed by atoms with E-state index in [4.69, 9.17) is 10.5 Å². The van der Waals surface area contributed by atoms with E-state index in [1.807, 2.05) is 0 Å². The van der Waals surface area contributed by atoms with Crippen molar-refractivity contribution < 1.29 is 4.74 Å². The van der Waals surface area contributed by atoms with E-state index in [0.717, 1.165) is 18.8 Å². The number of ether oxygens (including phenoxy) is 1. The minimum absolute atomic E-state index is 0.319. The lowest BCUT2D eigenvalue weighted by atomic mass is 10.1. The van der Waals surface area contributed by atoms with Crippen LogP contribution in [-0.4, -0.2) is 12.6 Å². The number of hydrogen-bond acceptors (Lipinski definition) is 2. The van der Waals surface area contributed by atoms with Crippen molar-refractivity contribution in [2.45, 2.75) is 51.5 Å². The van der Waals surface area contributed by atoms with Gasteiger partial charge < -0.3 is 10.5 Å². The molecule has 2 rings (SSSR count). The van der Waals surface area contributed by atoms with Crippen molar-refractivity contribution in [1.82, 2.24) is 0 Å². The van der Waals surface area contributed by atoms with E-state index in [1.165, 1.54) is 24.8 Å². The first kappa shape index (κ1) is 13.4. The molecule has 100 valence electrons. The van der Waals surface area contributed by atoms with Crippen LogP contribution in [0.5, 0.6) is 5.75 Å². The van der Waals surface area contributed by atoms with Crippen LogP contribution < -0.4 is 10.5 Å². The highest BCUT2D eigenvalue weighted by atomic mass is 16.5. The topological polar surface area (TPSA) is 35.2 Å². The van der Waals surface area contributed by atoms with E-state index >= 15 is 0 Å². The van der Waals surface area contributed by atoms with Gasteiger partial charge in [-0.1, -0.05) is 31.9 Å². The van der Waals surface area contributed by atoms with Gasteiger partial charge in [0.2, 0.25) is 0 Å². The molecule has 1 aromatic carbocycles. The molecule has 3 unspecified atom stereocenters. The van der Waals surface area contributed by atoms with Gasteiger partial charge in [0.1, 0.15) is 5.75 Å². The van der Waals surface area contributed by atoms with Crippen LogP contribution in [0.4, 0.5) is 0 Å². The molecule has 18 heavy (non-hydrogen) atoms. The zero-order valence-electron chi connectivity index (χ0n) is 11.6. The summed E-state index contributed by atoms with van der Waals surface area (Å²) < 4.78 is 5.71.